The highest BCUT2D eigenvalue weighted by Crippen LogP contribution is 2.28. The molecule has 1 aromatic heterocycles. The normalized spacial score (nSPS) is 13.1. The van der Waals surface area contributed by atoms with Crippen LogP contribution in [0.15, 0.2) is 48.5 Å². The maximum atomic E-state index is 13.1. The molecular formula is C26H32N4O3S. The molecular weight excluding hydrogens is 448 g/mol. The summed E-state index contributed by atoms with van der Waals surface area (Å²) in [6.07, 6.45) is 0.731. The van der Waals surface area contributed by atoms with Gasteiger partial charge in [-0.3, -0.25) is 14.9 Å². The van der Waals surface area contributed by atoms with Gasteiger partial charge < -0.3 is 10.1 Å². The number of carbonyl (C=O) groups excluding carboxylic acids is 2. The Labute approximate surface area is 205 Å². The second-order valence-electron chi connectivity index (χ2n) is 9.29. The minimum atomic E-state index is -0.701. The summed E-state index contributed by atoms with van der Waals surface area (Å²) in [5, 5.41) is 15.1. The van der Waals surface area contributed by atoms with Gasteiger partial charge in [0.25, 0.3) is 5.91 Å². The summed E-state index contributed by atoms with van der Waals surface area (Å²) < 4.78 is 5.18. The third kappa shape index (κ3) is 6.20. The maximum Gasteiger partial charge on any atom is 0.251 e. The van der Waals surface area contributed by atoms with E-state index in [-0.39, 0.29) is 23.1 Å². The Morgan fingerprint density at radius 1 is 1.03 bits per heavy atom. The molecule has 2 N–H and O–H groups in total. The average molecular weight is 481 g/mol. The van der Waals surface area contributed by atoms with Gasteiger partial charge in [-0.25, -0.2) is 0 Å². The Bertz CT molecular complexity index is 1120. The van der Waals surface area contributed by atoms with E-state index in [0.717, 1.165) is 23.3 Å². The standard InChI is InChI=1S/C26H32N4O3S/c1-7-16(2)21(27-22(31)17-8-12-19(13-9-17)26(3,4)5)23(32)28-25-30-29-24(34-25)18-10-14-20(33-6)15-11-18/h8-16,21H,7H2,1-6H3,(H,27,31)(H,28,30,32). The molecule has 0 saturated heterocycles. The summed E-state index contributed by atoms with van der Waals surface area (Å²) in [5.41, 5.74) is 2.54. The third-order valence-corrected chi connectivity index (χ3v) is 6.68. The van der Waals surface area contributed by atoms with Crippen LogP contribution in [-0.2, 0) is 10.2 Å². The lowest BCUT2D eigenvalue weighted by atomic mass is 9.86. The van der Waals surface area contributed by atoms with E-state index in [9.17, 15) is 9.59 Å². The maximum absolute atomic E-state index is 13.1. The quantitative estimate of drug-likeness (QED) is 0.457. The van der Waals surface area contributed by atoms with Gasteiger partial charge in [-0.2, -0.15) is 0 Å². The van der Waals surface area contributed by atoms with Crippen LogP contribution in [0.3, 0.4) is 0 Å². The van der Waals surface area contributed by atoms with Gasteiger partial charge in [0.2, 0.25) is 11.0 Å². The van der Waals surface area contributed by atoms with Gasteiger partial charge >= 0.3 is 0 Å². The number of benzene rings is 2. The van der Waals surface area contributed by atoms with Gasteiger partial charge in [0.15, 0.2) is 0 Å². The Morgan fingerprint density at radius 2 is 1.68 bits per heavy atom. The van der Waals surface area contributed by atoms with Crippen LogP contribution in [0.5, 0.6) is 5.75 Å². The van der Waals surface area contributed by atoms with Crippen molar-refractivity contribution in [3.8, 4) is 16.3 Å². The number of ether oxygens (including phenoxy) is 1. The third-order valence-electron chi connectivity index (χ3n) is 5.79. The van der Waals surface area contributed by atoms with Gasteiger partial charge in [0.1, 0.15) is 16.8 Å². The van der Waals surface area contributed by atoms with E-state index >= 15 is 0 Å². The van der Waals surface area contributed by atoms with Crippen LogP contribution < -0.4 is 15.4 Å². The van der Waals surface area contributed by atoms with Crippen LogP contribution in [0, 0.1) is 5.92 Å². The summed E-state index contributed by atoms with van der Waals surface area (Å²) in [6, 6.07) is 14.3. The molecule has 2 unspecified atom stereocenters. The Kier molecular flexibility index (Phi) is 8.04. The number of aromatic nitrogens is 2. The van der Waals surface area contributed by atoms with Crippen molar-refractivity contribution in [1.82, 2.24) is 15.5 Å². The Hall–Kier alpha value is -3.26. The lowest BCUT2D eigenvalue weighted by Gasteiger charge is -2.23. The molecule has 7 nitrogen and oxygen atoms in total. The highest BCUT2D eigenvalue weighted by Gasteiger charge is 2.27. The van der Waals surface area contributed by atoms with E-state index in [1.807, 2.05) is 50.2 Å². The number of hydrogen-bond donors (Lipinski definition) is 2. The molecule has 0 radical (unpaired) electrons. The molecule has 1 heterocycles. The first-order valence-electron chi connectivity index (χ1n) is 11.3. The van der Waals surface area contributed by atoms with E-state index in [4.69, 9.17) is 4.74 Å². The first kappa shape index (κ1) is 25.4. The molecule has 0 aliphatic heterocycles. The van der Waals surface area contributed by atoms with Crippen LogP contribution in [0.4, 0.5) is 5.13 Å². The minimum Gasteiger partial charge on any atom is -0.497 e. The van der Waals surface area contributed by atoms with Crippen molar-refractivity contribution < 1.29 is 14.3 Å². The molecule has 2 amide bonds. The highest BCUT2D eigenvalue weighted by molar-refractivity contribution is 7.18. The zero-order valence-electron chi connectivity index (χ0n) is 20.5. The van der Waals surface area contributed by atoms with Gasteiger partial charge in [-0.15, -0.1) is 10.2 Å². The fourth-order valence-corrected chi connectivity index (χ4v) is 4.11. The van der Waals surface area contributed by atoms with Gasteiger partial charge in [-0.1, -0.05) is 64.5 Å². The fourth-order valence-electron chi connectivity index (χ4n) is 3.36. The van der Waals surface area contributed by atoms with Crippen molar-refractivity contribution >= 4 is 28.3 Å². The van der Waals surface area contributed by atoms with Crippen LogP contribution in [0.25, 0.3) is 10.6 Å². The fraction of sp³-hybridized carbons (Fsp3) is 0.385. The molecule has 180 valence electrons. The molecule has 0 saturated carbocycles. The highest BCUT2D eigenvalue weighted by atomic mass is 32.1. The number of nitrogens with one attached hydrogen (secondary N) is 2. The number of carbonyl (C=O) groups is 2. The van der Waals surface area contributed by atoms with Gasteiger partial charge in [-0.05, 0) is 53.3 Å². The van der Waals surface area contributed by atoms with Gasteiger partial charge in [0.05, 0.1) is 7.11 Å². The van der Waals surface area contributed by atoms with Crippen LogP contribution in [0.2, 0.25) is 0 Å². The number of rotatable bonds is 8. The SMILES string of the molecule is CCC(C)C(NC(=O)c1ccc(C(C)(C)C)cc1)C(=O)Nc1nnc(-c2ccc(OC)cc2)s1. The Balaban J connectivity index is 1.71. The largest absolute Gasteiger partial charge is 0.497 e. The molecule has 0 aliphatic carbocycles. The summed E-state index contributed by atoms with van der Waals surface area (Å²) >= 11 is 1.28. The molecule has 34 heavy (non-hydrogen) atoms. The van der Waals surface area contributed by atoms with Crippen LogP contribution in [-0.4, -0.2) is 35.2 Å². The summed E-state index contributed by atoms with van der Waals surface area (Å²) in [6.45, 7) is 10.3. The number of amides is 2. The first-order valence-corrected chi connectivity index (χ1v) is 12.1. The van der Waals surface area contributed by atoms with Crippen molar-refractivity contribution in [3.05, 3.63) is 59.7 Å². The Morgan fingerprint density at radius 3 is 2.24 bits per heavy atom. The minimum absolute atomic E-state index is 0.000562. The lowest BCUT2D eigenvalue weighted by Crippen LogP contribution is -2.47. The van der Waals surface area contributed by atoms with E-state index in [1.165, 1.54) is 11.3 Å². The number of nitrogens with zero attached hydrogens (tertiary/aromatic N) is 2. The summed E-state index contributed by atoms with van der Waals surface area (Å²) in [5.74, 6) is 0.0947. The molecule has 3 aromatic rings. The van der Waals surface area contributed by atoms with Gasteiger partial charge in [0, 0.05) is 11.1 Å². The molecule has 0 spiro atoms. The molecule has 0 aliphatic rings. The van der Waals surface area contributed by atoms with Crippen molar-refractivity contribution in [3.63, 3.8) is 0 Å². The predicted molar refractivity (Wildman–Crippen MR) is 136 cm³/mol. The van der Waals surface area contributed by atoms with Crippen molar-refractivity contribution in [2.24, 2.45) is 5.92 Å². The second kappa shape index (κ2) is 10.8. The molecule has 3 rings (SSSR count). The van der Waals surface area contributed by atoms with Crippen molar-refractivity contribution in [1.29, 1.82) is 0 Å². The molecule has 2 atom stereocenters. The number of methoxy groups -OCH3 is 1. The van der Waals surface area contributed by atoms with Crippen molar-refractivity contribution in [2.75, 3.05) is 12.4 Å². The summed E-state index contributed by atoms with van der Waals surface area (Å²) in [7, 11) is 1.61. The molecule has 8 heteroatoms. The molecule has 2 aromatic carbocycles. The molecule has 0 fully saturated rings. The average Bonchev–Trinajstić information content (AvgIpc) is 3.29. The van der Waals surface area contributed by atoms with E-state index < -0.39 is 6.04 Å². The van der Waals surface area contributed by atoms with Crippen LogP contribution in [0.1, 0.15) is 57.0 Å². The summed E-state index contributed by atoms with van der Waals surface area (Å²) in [4.78, 5) is 26.0. The second-order valence-corrected chi connectivity index (χ2v) is 10.3. The van der Waals surface area contributed by atoms with E-state index in [2.05, 4.69) is 41.6 Å². The first-order chi connectivity index (χ1) is 16.1. The van der Waals surface area contributed by atoms with E-state index in [0.29, 0.717) is 15.7 Å². The van der Waals surface area contributed by atoms with Crippen LogP contribution >= 0.6 is 11.3 Å². The molecule has 0 bridgehead atoms. The van der Waals surface area contributed by atoms with Crippen molar-refractivity contribution in [2.45, 2.75) is 52.5 Å². The number of anilines is 1. The zero-order valence-corrected chi connectivity index (χ0v) is 21.3. The predicted octanol–water partition coefficient (Wildman–Crippen LogP) is 5.29. The zero-order chi connectivity index (χ0) is 24.9. The topological polar surface area (TPSA) is 93.2 Å². The van der Waals surface area contributed by atoms with E-state index in [1.54, 1.807) is 19.2 Å². The smallest absolute Gasteiger partial charge is 0.251 e. The number of hydrogen-bond acceptors (Lipinski definition) is 6. The lowest BCUT2D eigenvalue weighted by molar-refractivity contribution is -0.119. The monoisotopic (exact) mass is 480 g/mol.